The van der Waals surface area contributed by atoms with Crippen molar-refractivity contribution in [2.24, 2.45) is 0 Å². The monoisotopic (exact) mass is 422 g/mol. The van der Waals surface area contributed by atoms with Crippen LogP contribution >= 0.6 is 0 Å². The Kier molecular flexibility index (Phi) is 5.18. The van der Waals surface area contributed by atoms with Crippen LogP contribution in [0, 0.1) is 0 Å². The summed E-state index contributed by atoms with van der Waals surface area (Å²) in [4.78, 5) is 2.77. The highest BCUT2D eigenvalue weighted by Gasteiger charge is 2.29. The summed E-state index contributed by atoms with van der Waals surface area (Å²) in [5.41, 5.74) is 4.76. The molecular formula is C23H26N4O2S. The van der Waals surface area contributed by atoms with Gasteiger partial charge in [0.25, 0.3) is 0 Å². The van der Waals surface area contributed by atoms with E-state index in [1.807, 2.05) is 29.1 Å². The number of piperazine rings is 1. The molecule has 7 heteroatoms. The number of sulfonamides is 1. The zero-order chi connectivity index (χ0) is 20.6. The van der Waals surface area contributed by atoms with Crippen LogP contribution in [0.5, 0.6) is 0 Å². The summed E-state index contributed by atoms with van der Waals surface area (Å²) < 4.78 is 29.7. The van der Waals surface area contributed by atoms with Gasteiger partial charge < -0.3 is 0 Å². The molecule has 30 heavy (non-hydrogen) atoms. The zero-order valence-electron chi connectivity index (χ0n) is 16.9. The highest BCUT2D eigenvalue weighted by Crippen LogP contribution is 2.27. The highest BCUT2D eigenvalue weighted by molar-refractivity contribution is 7.89. The lowest BCUT2D eigenvalue weighted by molar-refractivity contribution is 0.181. The van der Waals surface area contributed by atoms with E-state index in [9.17, 15) is 8.42 Å². The van der Waals surface area contributed by atoms with Crippen molar-refractivity contribution in [3.63, 3.8) is 0 Å². The van der Waals surface area contributed by atoms with Crippen LogP contribution in [0.15, 0.2) is 65.8 Å². The van der Waals surface area contributed by atoms with Crippen LogP contribution in [0.4, 0.5) is 0 Å². The second-order valence-corrected chi connectivity index (χ2v) is 10.0. The lowest BCUT2D eigenvalue weighted by atomic mass is 10.1. The molecule has 1 aromatic heterocycles. The van der Waals surface area contributed by atoms with Crippen molar-refractivity contribution in [2.75, 3.05) is 26.2 Å². The Balaban J connectivity index is 1.21. The van der Waals surface area contributed by atoms with Gasteiger partial charge in [0, 0.05) is 45.1 Å². The topological polar surface area (TPSA) is 58.4 Å². The van der Waals surface area contributed by atoms with E-state index >= 15 is 0 Å². The Hall–Kier alpha value is -2.48. The Morgan fingerprint density at radius 3 is 2.40 bits per heavy atom. The molecule has 0 N–H and O–H groups in total. The van der Waals surface area contributed by atoms with Gasteiger partial charge in [-0.15, -0.1) is 0 Å². The smallest absolute Gasteiger partial charge is 0.243 e. The van der Waals surface area contributed by atoms with Crippen LogP contribution < -0.4 is 0 Å². The first-order valence-electron chi connectivity index (χ1n) is 10.5. The zero-order valence-corrected chi connectivity index (χ0v) is 17.8. The first-order valence-corrected chi connectivity index (χ1v) is 12.0. The fourth-order valence-electron chi connectivity index (χ4n) is 4.42. The third kappa shape index (κ3) is 3.80. The molecule has 5 rings (SSSR count). The summed E-state index contributed by atoms with van der Waals surface area (Å²) in [5, 5.41) is 4.25. The van der Waals surface area contributed by atoms with Gasteiger partial charge in [0.05, 0.1) is 10.6 Å². The molecular weight excluding hydrogens is 396 g/mol. The predicted octanol–water partition coefficient (Wildman–Crippen LogP) is 2.87. The normalized spacial score (nSPS) is 17.9. The summed E-state index contributed by atoms with van der Waals surface area (Å²) in [6.07, 6.45) is 6.88. The molecule has 0 radical (unpaired) electrons. The molecule has 156 valence electrons. The van der Waals surface area contributed by atoms with Crippen LogP contribution in [0.25, 0.3) is 5.69 Å². The number of rotatable bonds is 5. The molecule has 2 heterocycles. The molecule has 3 aromatic rings. The van der Waals surface area contributed by atoms with Crippen LogP contribution in [-0.2, 0) is 29.4 Å². The molecule has 1 aliphatic carbocycles. The van der Waals surface area contributed by atoms with Gasteiger partial charge in [0.15, 0.2) is 0 Å². The van der Waals surface area contributed by atoms with Crippen molar-refractivity contribution < 1.29 is 8.42 Å². The molecule has 2 aromatic carbocycles. The number of hydrogen-bond donors (Lipinski definition) is 0. The maximum Gasteiger partial charge on any atom is 0.243 e. The van der Waals surface area contributed by atoms with E-state index in [0.29, 0.717) is 18.0 Å². The largest absolute Gasteiger partial charge is 0.296 e. The Morgan fingerprint density at radius 2 is 1.67 bits per heavy atom. The average Bonchev–Trinajstić information content (AvgIpc) is 3.46. The van der Waals surface area contributed by atoms with Gasteiger partial charge >= 0.3 is 0 Å². The lowest BCUT2D eigenvalue weighted by Crippen LogP contribution is -2.48. The van der Waals surface area contributed by atoms with Gasteiger partial charge in [0.2, 0.25) is 10.0 Å². The molecule has 1 aliphatic heterocycles. The van der Waals surface area contributed by atoms with E-state index in [-0.39, 0.29) is 0 Å². The van der Waals surface area contributed by atoms with E-state index in [0.717, 1.165) is 44.6 Å². The van der Waals surface area contributed by atoms with Crippen LogP contribution in [0.3, 0.4) is 0 Å². The molecule has 0 unspecified atom stereocenters. The van der Waals surface area contributed by atoms with E-state index < -0.39 is 10.0 Å². The van der Waals surface area contributed by atoms with E-state index in [4.69, 9.17) is 0 Å². The number of benzene rings is 2. The number of nitrogens with zero attached hydrogens (tertiary/aromatic N) is 4. The maximum absolute atomic E-state index is 13.1. The standard InChI is InChI=1S/C23H26N4O2S/c28-30(29,23-10-7-20-3-1-4-21(20)17-23)26-15-13-25(14-16-26)18-19-5-8-22(9-6-19)27-12-2-11-24-27/h2,5-12,17H,1,3-4,13-16,18H2. The van der Waals surface area contributed by atoms with Crippen LogP contribution in [0.1, 0.15) is 23.1 Å². The number of aryl methyl sites for hydroxylation is 2. The molecule has 0 amide bonds. The number of aromatic nitrogens is 2. The molecule has 0 spiro atoms. The first-order chi connectivity index (χ1) is 14.6. The molecule has 0 atom stereocenters. The fraction of sp³-hybridized carbons (Fsp3) is 0.348. The second kappa shape index (κ2) is 7.98. The third-order valence-electron chi connectivity index (χ3n) is 6.15. The molecule has 6 nitrogen and oxygen atoms in total. The third-order valence-corrected chi connectivity index (χ3v) is 8.05. The van der Waals surface area contributed by atoms with Crippen LogP contribution in [-0.4, -0.2) is 53.6 Å². The van der Waals surface area contributed by atoms with E-state index in [1.165, 1.54) is 16.7 Å². The Bertz CT molecular complexity index is 1120. The summed E-state index contributed by atoms with van der Waals surface area (Å²) in [7, 11) is -3.41. The average molecular weight is 423 g/mol. The quantitative estimate of drug-likeness (QED) is 0.634. The molecule has 2 aliphatic rings. The number of hydrogen-bond acceptors (Lipinski definition) is 4. The first kappa shape index (κ1) is 19.5. The summed E-state index contributed by atoms with van der Waals surface area (Å²) in [6.45, 7) is 3.37. The van der Waals surface area contributed by atoms with Crippen molar-refractivity contribution in [3.05, 3.63) is 77.6 Å². The van der Waals surface area contributed by atoms with Gasteiger partial charge in [-0.25, -0.2) is 13.1 Å². The van der Waals surface area contributed by atoms with Crippen molar-refractivity contribution in [2.45, 2.75) is 30.7 Å². The molecule has 1 saturated heterocycles. The lowest BCUT2D eigenvalue weighted by Gasteiger charge is -2.34. The van der Waals surface area contributed by atoms with Gasteiger partial charge in [-0.1, -0.05) is 18.2 Å². The molecule has 1 fully saturated rings. The minimum atomic E-state index is -3.41. The molecule has 0 saturated carbocycles. The summed E-state index contributed by atoms with van der Waals surface area (Å²) in [6, 6.07) is 15.9. The predicted molar refractivity (Wildman–Crippen MR) is 116 cm³/mol. The van der Waals surface area contributed by atoms with Gasteiger partial charge in [0.1, 0.15) is 0 Å². The second-order valence-electron chi connectivity index (χ2n) is 8.08. The Labute approximate surface area is 177 Å². The molecule has 0 bridgehead atoms. The van der Waals surface area contributed by atoms with Crippen molar-refractivity contribution in [3.8, 4) is 5.69 Å². The van der Waals surface area contributed by atoms with Crippen molar-refractivity contribution in [1.82, 2.24) is 19.0 Å². The van der Waals surface area contributed by atoms with Gasteiger partial charge in [-0.3, -0.25) is 4.90 Å². The fourth-order valence-corrected chi connectivity index (χ4v) is 5.89. The Morgan fingerprint density at radius 1 is 0.900 bits per heavy atom. The van der Waals surface area contributed by atoms with Crippen molar-refractivity contribution >= 4 is 10.0 Å². The van der Waals surface area contributed by atoms with E-state index in [1.54, 1.807) is 16.6 Å². The summed E-state index contributed by atoms with van der Waals surface area (Å²) in [5.74, 6) is 0. The maximum atomic E-state index is 13.1. The number of fused-ring (bicyclic) bond motifs is 1. The van der Waals surface area contributed by atoms with Crippen molar-refractivity contribution in [1.29, 1.82) is 0 Å². The SMILES string of the molecule is O=S(=O)(c1ccc2c(c1)CCC2)N1CCN(Cc2ccc(-n3cccn3)cc2)CC1. The summed E-state index contributed by atoms with van der Waals surface area (Å²) >= 11 is 0. The van der Waals surface area contributed by atoms with Gasteiger partial charge in [-0.2, -0.15) is 9.40 Å². The van der Waals surface area contributed by atoms with Crippen LogP contribution in [0.2, 0.25) is 0 Å². The van der Waals surface area contributed by atoms with E-state index in [2.05, 4.69) is 34.3 Å². The minimum absolute atomic E-state index is 0.450. The minimum Gasteiger partial charge on any atom is -0.296 e. The van der Waals surface area contributed by atoms with Gasteiger partial charge in [-0.05, 0) is 66.3 Å². The highest BCUT2D eigenvalue weighted by atomic mass is 32.2.